The van der Waals surface area contributed by atoms with E-state index in [1.165, 1.54) is 6.42 Å². The Morgan fingerprint density at radius 3 is 2.50 bits per heavy atom. The number of fused-ring (bicyclic) bond motifs is 2. The molecule has 0 amide bonds. The number of rotatable bonds is 1. The molecule has 70 valence electrons. The van der Waals surface area contributed by atoms with E-state index in [9.17, 15) is 10.2 Å². The van der Waals surface area contributed by atoms with E-state index in [0.717, 1.165) is 12.8 Å². The highest BCUT2D eigenvalue weighted by Crippen LogP contribution is 2.61. The minimum absolute atomic E-state index is 0.0611. The molecule has 2 heteroatoms. The van der Waals surface area contributed by atoms with Crippen LogP contribution in [0.5, 0.6) is 0 Å². The topological polar surface area (TPSA) is 40.5 Å². The molecule has 0 radical (unpaired) electrons. The molecule has 2 bridgehead atoms. The second-order valence-corrected chi connectivity index (χ2v) is 4.96. The van der Waals surface area contributed by atoms with Crippen molar-refractivity contribution in [3.8, 4) is 0 Å². The zero-order chi connectivity index (χ0) is 8.98. The summed E-state index contributed by atoms with van der Waals surface area (Å²) in [4.78, 5) is 0. The molecule has 4 atom stereocenters. The Hall–Kier alpha value is -0.0800. The molecule has 12 heavy (non-hydrogen) atoms. The van der Waals surface area contributed by atoms with E-state index in [-0.39, 0.29) is 12.5 Å². The van der Waals surface area contributed by atoms with Gasteiger partial charge in [-0.05, 0) is 36.5 Å². The normalized spacial score (nSPS) is 58.0. The molecule has 2 saturated carbocycles. The van der Waals surface area contributed by atoms with Gasteiger partial charge in [-0.2, -0.15) is 0 Å². The van der Waals surface area contributed by atoms with Gasteiger partial charge in [0.15, 0.2) is 0 Å². The Bertz CT molecular complexity index is 204. The van der Waals surface area contributed by atoms with Crippen LogP contribution < -0.4 is 0 Å². The maximum atomic E-state index is 10.2. The van der Waals surface area contributed by atoms with Crippen LogP contribution in [0.2, 0.25) is 0 Å². The van der Waals surface area contributed by atoms with Gasteiger partial charge in [-0.3, -0.25) is 0 Å². The summed E-state index contributed by atoms with van der Waals surface area (Å²) in [7, 11) is 0. The average Bonchev–Trinajstić information content (AvgIpc) is 2.52. The molecule has 2 rings (SSSR count). The summed E-state index contributed by atoms with van der Waals surface area (Å²) >= 11 is 0. The van der Waals surface area contributed by atoms with Crippen LogP contribution in [0.25, 0.3) is 0 Å². The maximum absolute atomic E-state index is 10.2. The first-order valence-electron chi connectivity index (χ1n) is 4.86. The summed E-state index contributed by atoms with van der Waals surface area (Å²) in [6.07, 6.45) is 3.42. The summed E-state index contributed by atoms with van der Waals surface area (Å²) in [5, 5.41) is 19.4. The quantitative estimate of drug-likeness (QED) is 0.620. The van der Waals surface area contributed by atoms with Gasteiger partial charge in [0.1, 0.15) is 0 Å². The van der Waals surface area contributed by atoms with Crippen LogP contribution in [0.15, 0.2) is 0 Å². The van der Waals surface area contributed by atoms with E-state index in [1.54, 1.807) is 0 Å². The highest BCUT2D eigenvalue weighted by atomic mass is 16.3. The molecule has 0 spiro atoms. The molecule has 2 N–H and O–H groups in total. The Morgan fingerprint density at radius 2 is 2.17 bits per heavy atom. The summed E-state index contributed by atoms with van der Waals surface area (Å²) in [6.45, 7) is 4.26. The summed E-state index contributed by atoms with van der Waals surface area (Å²) in [5.41, 5.74) is -0.477. The molecule has 2 fully saturated rings. The van der Waals surface area contributed by atoms with Gasteiger partial charge in [-0.15, -0.1) is 0 Å². The molecule has 0 aliphatic heterocycles. The predicted molar refractivity (Wildman–Crippen MR) is 46.6 cm³/mol. The average molecular weight is 170 g/mol. The first kappa shape index (κ1) is 8.52. The van der Waals surface area contributed by atoms with Gasteiger partial charge in [0.25, 0.3) is 0 Å². The van der Waals surface area contributed by atoms with Gasteiger partial charge in [0.05, 0.1) is 12.2 Å². The van der Waals surface area contributed by atoms with Crippen molar-refractivity contribution in [2.75, 3.05) is 6.61 Å². The second-order valence-electron chi connectivity index (χ2n) is 4.96. The third-order valence-electron chi connectivity index (χ3n) is 4.53. The molecule has 2 nitrogen and oxygen atoms in total. The van der Waals surface area contributed by atoms with Gasteiger partial charge in [0.2, 0.25) is 0 Å². The lowest BCUT2D eigenvalue weighted by Crippen LogP contribution is -2.47. The summed E-state index contributed by atoms with van der Waals surface area (Å²) in [5.74, 6) is 0.608. The smallest absolute Gasteiger partial charge is 0.0935 e. The molecule has 2 aliphatic carbocycles. The molecule has 0 heterocycles. The fourth-order valence-electron chi connectivity index (χ4n) is 3.31. The molecule has 0 aromatic heterocycles. The van der Waals surface area contributed by atoms with Gasteiger partial charge in [0, 0.05) is 0 Å². The Labute approximate surface area is 73.6 Å². The van der Waals surface area contributed by atoms with Gasteiger partial charge in [-0.25, -0.2) is 0 Å². The third kappa shape index (κ3) is 0.775. The van der Waals surface area contributed by atoms with Crippen molar-refractivity contribution >= 4 is 0 Å². The lowest BCUT2D eigenvalue weighted by Gasteiger charge is -2.40. The number of hydrogen-bond donors (Lipinski definition) is 2. The number of aliphatic hydroxyl groups is 2. The van der Waals surface area contributed by atoms with Crippen molar-refractivity contribution in [3.63, 3.8) is 0 Å². The number of hydrogen-bond acceptors (Lipinski definition) is 2. The first-order chi connectivity index (χ1) is 5.53. The van der Waals surface area contributed by atoms with Crippen molar-refractivity contribution in [1.82, 2.24) is 0 Å². The Kier molecular flexibility index (Phi) is 1.59. The molecular formula is C10H18O2. The third-order valence-corrected chi connectivity index (χ3v) is 4.53. The van der Waals surface area contributed by atoms with Crippen molar-refractivity contribution < 1.29 is 10.2 Å². The van der Waals surface area contributed by atoms with Crippen molar-refractivity contribution in [2.45, 2.75) is 38.7 Å². The van der Waals surface area contributed by atoms with Gasteiger partial charge < -0.3 is 10.2 Å². The highest BCUT2D eigenvalue weighted by Gasteiger charge is 2.60. The largest absolute Gasteiger partial charge is 0.393 e. The molecular weight excluding hydrogens is 152 g/mol. The van der Waals surface area contributed by atoms with E-state index in [1.807, 2.05) is 0 Å². The Balaban J connectivity index is 2.31. The molecule has 0 saturated heterocycles. The van der Waals surface area contributed by atoms with Crippen LogP contribution in [0.4, 0.5) is 0 Å². The first-order valence-corrected chi connectivity index (χ1v) is 4.86. The predicted octanol–water partition coefficient (Wildman–Crippen LogP) is 1.17. The minimum atomic E-state index is -0.771. The van der Waals surface area contributed by atoms with E-state index in [4.69, 9.17) is 0 Å². The lowest BCUT2D eigenvalue weighted by atomic mass is 9.70. The van der Waals surface area contributed by atoms with Crippen LogP contribution >= 0.6 is 0 Å². The SMILES string of the molecule is CC1C2(C)CCC(C2)C1(O)CO. The van der Waals surface area contributed by atoms with Crippen LogP contribution in [0, 0.1) is 17.3 Å². The van der Waals surface area contributed by atoms with Crippen molar-refractivity contribution in [2.24, 2.45) is 17.3 Å². The van der Waals surface area contributed by atoms with Crippen LogP contribution in [-0.4, -0.2) is 22.4 Å². The summed E-state index contributed by atoms with van der Waals surface area (Å²) < 4.78 is 0. The molecule has 4 unspecified atom stereocenters. The highest BCUT2D eigenvalue weighted by molar-refractivity contribution is 5.10. The van der Waals surface area contributed by atoms with Crippen LogP contribution in [0.1, 0.15) is 33.1 Å². The monoisotopic (exact) mass is 170 g/mol. The Morgan fingerprint density at radius 1 is 1.50 bits per heavy atom. The zero-order valence-corrected chi connectivity index (χ0v) is 7.88. The van der Waals surface area contributed by atoms with Crippen molar-refractivity contribution in [3.05, 3.63) is 0 Å². The fourth-order valence-corrected chi connectivity index (χ4v) is 3.31. The van der Waals surface area contributed by atoms with Crippen LogP contribution in [-0.2, 0) is 0 Å². The maximum Gasteiger partial charge on any atom is 0.0935 e. The van der Waals surface area contributed by atoms with E-state index >= 15 is 0 Å². The van der Waals surface area contributed by atoms with Gasteiger partial charge >= 0.3 is 0 Å². The lowest BCUT2D eigenvalue weighted by molar-refractivity contribution is -0.102. The zero-order valence-electron chi connectivity index (χ0n) is 7.88. The number of aliphatic hydroxyl groups excluding tert-OH is 1. The van der Waals surface area contributed by atoms with E-state index in [2.05, 4.69) is 13.8 Å². The standard InChI is InChI=1S/C10H18O2/c1-7-9(2)4-3-8(5-9)10(7,12)6-11/h7-8,11-12H,3-6H2,1-2H3. The molecule has 2 aliphatic rings. The van der Waals surface area contributed by atoms with Gasteiger partial charge in [-0.1, -0.05) is 13.8 Å². The second kappa shape index (κ2) is 2.24. The molecule has 0 aromatic rings. The summed E-state index contributed by atoms with van der Waals surface area (Å²) in [6, 6.07) is 0. The van der Waals surface area contributed by atoms with E-state index in [0.29, 0.717) is 11.3 Å². The van der Waals surface area contributed by atoms with Crippen LogP contribution in [0.3, 0.4) is 0 Å². The van der Waals surface area contributed by atoms with Crippen molar-refractivity contribution in [1.29, 1.82) is 0 Å². The fraction of sp³-hybridized carbons (Fsp3) is 1.00. The van der Waals surface area contributed by atoms with E-state index < -0.39 is 5.60 Å². The molecule has 0 aromatic carbocycles. The minimum Gasteiger partial charge on any atom is -0.393 e.